The fourth-order valence-electron chi connectivity index (χ4n) is 1.46. The van der Waals surface area contributed by atoms with Gasteiger partial charge in [-0.25, -0.2) is 9.97 Å². The first kappa shape index (κ1) is 13.2. The zero-order valence-corrected chi connectivity index (χ0v) is 10.7. The smallest absolute Gasteiger partial charge is 0.272 e. The number of hydrogen-bond acceptors (Lipinski definition) is 4. The quantitative estimate of drug-likeness (QED) is 0.802. The van der Waals surface area contributed by atoms with E-state index < -0.39 is 0 Å². The lowest BCUT2D eigenvalue weighted by Crippen LogP contribution is -2.29. The number of anilines is 1. The molecule has 5 heteroatoms. The first-order valence-corrected chi connectivity index (χ1v) is 5.37. The number of aryl methyl sites for hydroxylation is 1. The summed E-state index contributed by atoms with van der Waals surface area (Å²) in [6.07, 6.45) is 0. The predicted molar refractivity (Wildman–Crippen MR) is 68.1 cm³/mol. The molecule has 0 aliphatic carbocycles. The van der Waals surface area contributed by atoms with Crippen molar-refractivity contribution in [3.8, 4) is 0 Å². The number of nitrogens with one attached hydrogen (secondary N) is 1. The molecule has 1 amide bonds. The molecule has 1 rings (SSSR count). The third-order valence-corrected chi connectivity index (χ3v) is 2.15. The van der Waals surface area contributed by atoms with Crippen LogP contribution in [0.15, 0.2) is 18.2 Å². The molecule has 0 aliphatic heterocycles. The van der Waals surface area contributed by atoms with Crippen molar-refractivity contribution in [1.29, 1.82) is 0 Å². The summed E-state index contributed by atoms with van der Waals surface area (Å²) in [6, 6.07) is 1.68. The predicted octanol–water partition coefficient (Wildman–Crippen LogP) is 1.47. The van der Waals surface area contributed by atoms with Crippen molar-refractivity contribution in [2.45, 2.75) is 13.8 Å². The highest BCUT2D eigenvalue weighted by Gasteiger charge is 2.14. The fourth-order valence-corrected chi connectivity index (χ4v) is 1.46. The number of rotatable bonds is 4. The van der Waals surface area contributed by atoms with Crippen LogP contribution in [-0.4, -0.2) is 41.4 Å². The van der Waals surface area contributed by atoms with Crippen LogP contribution in [0.3, 0.4) is 0 Å². The lowest BCUT2D eigenvalue weighted by atomic mass is 10.2. The van der Waals surface area contributed by atoms with Crippen molar-refractivity contribution in [1.82, 2.24) is 14.9 Å². The van der Waals surface area contributed by atoms with Gasteiger partial charge < -0.3 is 10.2 Å². The normalized spacial score (nSPS) is 9.88. The highest BCUT2D eigenvalue weighted by Crippen LogP contribution is 2.07. The molecule has 5 nitrogen and oxygen atoms in total. The van der Waals surface area contributed by atoms with Gasteiger partial charge >= 0.3 is 0 Å². The van der Waals surface area contributed by atoms with Crippen molar-refractivity contribution >= 4 is 11.9 Å². The Morgan fingerprint density at radius 2 is 2.18 bits per heavy atom. The summed E-state index contributed by atoms with van der Waals surface area (Å²) >= 11 is 0. The van der Waals surface area contributed by atoms with E-state index >= 15 is 0 Å². The SMILES string of the molecule is C=C(C)CN(C)C(=O)c1cc(C)nc(NC)n1. The summed E-state index contributed by atoms with van der Waals surface area (Å²) in [5.41, 5.74) is 2.09. The number of nitrogens with zero attached hydrogens (tertiary/aromatic N) is 3. The van der Waals surface area contributed by atoms with Gasteiger partial charge in [-0.2, -0.15) is 0 Å². The maximum absolute atomic E-state index is 12.1. The maximum Gasteiger partial charge on any atom is 0.272 e. The minimum atomic E-state index is -0.130. The van der Waals surface area contributed by atoms with Crippen LogP contribution in [-0.2, 0) is 0 Å². The molecule has 1 N–H and O–H groups in total. The van der Waals surface area contributed by atoms with Gasteiger partial charge in [0, 0.05) is 26.3 Å². The Morgan fingerprint density at radius 1 is 1.53 bits per heavy atom. The van der Waals surface area contributed by atoms with E-state index in [1.165, 1.54) is 0 Å². The van der Waals surface area contributed by atoms with E-state index in [2.05, 4.69) is 21.9 Å². The van der Waals surface area contributed by atoms with E-state index in [-0.39, 0.29) is 5.91 Å². The van der Waals surface area contributed by atoms with E-state index in [4.69, 9.17) is 0 Å². The lowest BCUT2D eigenvalue weighted by Gasteiger charge is -2.17. The van der Waals surface area contributed by atoms with Gasteiger partial charge in [0.1, 0.15) is 5.69 Å². The van der Waals surface area contributed by atoms with Crippen LogP contribution in [0.1, 0.15) is 23.1 Å². The number of aromatic nitrogens is 2. The van der Waals surface area contributed by atoms with Gasteiger partial charge in [0.15, 0.2) is 0 Å². The minimum Gasteiger partial charge on any atom is -0.357 e. The number of amides is 1. The summed E-state index contributed by atoms with van der Waals surface area (Å²) < 4.78 is 0. The molecule has 0 saturated heterocycles. The van der Waals surface area contributed by atoms with Gasteiger partial charge in [-0.15, -0.1) is 0 Å². The van der Waals surface area contributed by atoms with Crippen LogP contribution >= 0.6 is 0 Å². The maximum atomic E-state index is 12.1. The Labute approximate surface area is 102 Å². The zero-order valence-electron chi connectivity index (χ0n) is 10.7. The molecule has 1 aromatic rings. The summed E-state index contributed by atoms with van der Waals surface area (Å²) in [7, 11) is 3.45. The second-order valence-corrected chi connectivity index (χ2v) is 4.09. The van der Waals surface area contributed by atoms with Crippen molar-refractivity contribution in [3.63, 3.8) is 0 Å². The number of carbonyl (C=O) groups excluding carboxylic acids is 1. The van der Waals surface area contributed by atoms with Crippen LogP contribution in [0.25, 0.3) is 0 Å². The van der Waals surface area contributed by atoms with Gasteiger partial charge in [0.05, 0.1) is 0 Å². The van der Waals surface area contributed by atoms with Crippen molar-refractivity contribution in [2.75, 3.05) is 26.0 Å². The second kappa shape index (κ2) is 5.43. The van der Waals surface area contributed by atoms with Gasteiger partial charge in [-0.05, 0) is 19.9 Å². The third kappa shape index (κ3) is 3.55. The highest BCUT2D eigenvalue weighted by atomic mass is 16.2. The van der Waals surface area contributed by atoms with E-state index in [0.717, 1.165) is 11.3 Å². The largest absolute Gasteiger partial charge is 0.357 e. The van der Waals surface area contributed by atoms with Gasteiger partial charge in [0.25, 0.3) is 5.91 Å². The number of likely N-dealkylation sites (N-methyl/N-ethyl adjacent to an activating group) is 1. The molecule has 0 aliphatic rings. The third-order valence-electron chi connectivity index (χ3n) is 2.15. The van der Waals surface area contributed by atoms with Crippen molar-refractivity contribution in [3.05, 3.63) is 29.6 Å². The topological polar surface area (TPSA) is 58.1 Å². The Kier molecular flexibility index (Phi) is 4.20. The molecule has 0 spiro atoms. The second-order valence-electron chi connectivity index (χ2n) is 4.09. The molecule has 0 saturated carbocycles. The van der Waals surface area contributed by atoms with Gasteiger partial charge in [-0.1, -0.05) is 12.2 Å². The van der Waals surface area contributed by atoms with Crippen LogP contribution in [0.2, 0.25) is 0 Å². The Hall–Kier alpha value is -1.91. The average Bonchev–Trinajstić information content (AvgIpc) is 2.26. The molecule has 1 aromatic heterocycles. The molecule has 0 radical (unpaired) electrons. The lowest BCUT2D eigenvalue weighted by molar-refractivity contribution is 0.0801. The minimum absolute atomic E-state index is 0.130. The van der Waals surface area contributed by atoms with Crippen LogP contribution in [0, 0.1) is 6.92 Å². The van der Waals surface area contributed by atoms with Gasteiger partial charge in [-0.3, -0.25) is 4.79 Å². The van der Waals surface area contributed by atoms with E-state index in [0.29, 0.717) is 18.2 Å². The van der Waals surface area contributed by atoms with Gasteiger partial charge in [0.2, 0.25) is 5.95 Å². The van der Waals surface area contributed by atoms with Crippen LogP contribution < -0.4 is 5.32 Å². The monoisotopic (exact) mass is 234 g/mol. The molecule has 0 bridgehead atoms. The van der Waals surface area contributed by atoms with Crippen molar-refractivity contribution < 1.29 is 4.79 Å². The number of hydrogen-bond donors (Lipinski definition) is 1. The molecule has 17 heavy (non-hydrogen) atoms. The van der Waals surface area contributed by atoms with Crippen LogP contribution in [0.5, 0.6) is 0 Å². The fraction of sp³-hybridized carbons (Fsp3) is 0.417. The Morgan fingerprint density at radius 3 is 2.71 bits per heavy atom. The molecule has 0 atom stereocenters. The first-order chi connectivity index (χ1) is 7.93. The molecule has 0 unspecified atom stereocenters. The molecular weight excluding hydrogens is 216 g/mol. The molecule has 1 heterocycles. The summed E-state index contributed by atoms with van der Waals surface area (Å²) in [5, 5.41) is 2.83. The highest BCUT2D eigenvalue weighted by molar-refractivity contribution is 5.92. The average molecular weight is 234 g/mol. The molecule has 0 fully saturated rings. The Balaban J connectivity index is 2.95. The molecular formula is C12H18N4O. The van der Waals surface area contributed by atoms with E-state index in [1.54, 1.807) is 25.1 Å². The van der Waals surface area contributed by atoms with E-state index in [1.807, 2.05) is 13.8 Å². The van der Waals surface area contributed by atoms with Crippen LogP contribution in [0.4, 0.5) is 5.95 Å². The zero-order chi connectivity index (χ0) is 13.0. The first-order valence-electron chi connectivity index (χ1n) is 5.37. The van der Waals surface area contributed by atoms with E-state index in [9.17, 15) is 4.79 Å². The summed E-state index contributed by atoms with van der Waals surface area (Å²) in [4.78, 5) is 21.9. The summed E-state index contributed by atoms with van der Waals surface area (Å²) in [5.74, 6) is 0.326. The number of carbonyl (C=O) groups is 1. The Bertz CT molecular complexity index is 442. The standard InChI is InChI=1S/C12H18N4O/c1-8(2)7-16(5)11(17)10-6-9(3)14-12(13-4)15-10/h6H,1,7H2,2-5H3,(H,13,14,15). The molecule has 0 aromatic carbocycles. The van der Waals surface area contributed by atoms with Crippen molar-refractivity contribution in [2.24, 2.45) is 0 Å². The molecule has 92 valence electrons. The summed E-state index contributed by atoms with van der Waals surface area (Å²) in [6.45, 7) is 8.02.